The molecule has 0 saturated heterocycles. The maximum absolute atomic E-state index is 12.5. The number of hydrogen-bond donors (Lipinski definition) is 3. The summed E-state index contributed by atoms with van der Waals surface area (Å²) in [5.41, 5.74) is 0. The predicted octanol–water partition coefficient (Wildman–Crippen LogP) is 22.0. The van der Waals surface area contributed by atoms with Gasteiger partial charge in [-0.1, -0.05) is 360 Å². The first-order valence-corrected chi connectivity index (χ1v) is 34.5. The van der Waals surface area contributed by atoms with E-state index in [1.165, 1.54) is 327 Å². The van der Waals surface area contributed by atoms with E-state index < -0.39 is 12.1 Å². The number of hydrogen-bond acceptors (Lipinski definition) is 5. The Morgan fingerprint density at radius 1 is 0.360 bits per heavy atom. The van der Waals surface area contributed by atoms with E-state index in [1.807, 2.05) is 6.08 Å². The van der Waals surface area contributed by atoms with E-state index in [2.05, 4.69) is 19.2 Å². The molecule has 1 amide bonds. The third-order valence-corrected chi connectivity index (χ3v) is 16.3. The average Bonchev–Trinajstić information content (AvgIpc) is 3.41. The van der Waals surface area contributed by atoms with E-state index in [1.54, 1.807) is 6.08 Å². The SMILES string of the molecule is CCCCCCCCCCCCCCCCC/C=C/C(O)C(CO)NC(=O)CCCCCCCCCCCCCCCCCCCCCCCCCCCCCCOC(=O)CCCCCCCCCCCCCCC. The minimum absolute atomic E-state index is 0.0208. The van der Waals surface area contributed by atoms with Crippen LogP contribution < -0.4 is 5.32 Å². The first-order valence-electron chi connectivity index (χ1n) is 34.5. The topological polar surface area (TPSA) is 95.9 Å². The van der Waals surface area contributed by atoms with Crippen LogP contribution in [0.1, 0.15) is 393 Å². The van der Waals surface area contributed by atoms with E-state index in [0.29, 0.717) is 19.4 Å². The maximum atomic E-state index is 12.5. The van der Waals surface area contributed by atoms with Gasteiger partial charge in [-0.05, 0) is 32.1 Å². The molecule has 0 aliphatic rings. The fourth-order valence-corrected chi connectivity index (χ4v) is 11.1. The van der Waals surface area contributed by atoms with Gasteiger partial charge in [-0.2, -0.15) is 0 Å². The maximum Gasteiger partial charge on any atom is 0.305 e. The van der Waals surface area contributed by atoms with Crippen LogP contribution in [0.15, 0.2) is 12.2 Å². The van der Waals surface area contributed by atoms with E-state index >= 15 is 0 Å². The van der Waals surface area contributed by atoms with E-state index in [9.17, 15) is 19.8 Å². The molecular formula is C69H135NO5. The molecule has 0 aromatic heterocycles. The molecule has 0 radical (unpaired) electrons. The zero-order valence-electron chi connectivity index (χ0n) is 51.1. The molecule has 0 aliphatic heterocycles. The van der Waals surface area contributed by atoms with Crippen LogP contribution in [0.25, 0.3) is 0 Å². The molecular weight excluding hydrogens is 923 g/mol. The van der Waals surface area contributed by atoms with Crippen molar-refractivity contribution in [2.75, 3.05) is 13.2 Å². The second kappa shape index (κ2) is 65.1. The van der Waals surface area contributed by atoms with Gasteiger partial charge in [-0.25, -0.2) is 0 Å². The lowest BCUT2D eigenvalue weighted by atomic mass is 10.0. The van der Waals surface area contributed by atoms with Crippen LogP contribution in [-0.2, 0) is 14.3 Å². The Balaban J connectivity index is 3.35. The van der Waals surface area contributed by atoms with Crippen molar-refractivity contribution in [2.45, 2.75) is 405 Å². The second-order valence-electron chi connectivity index (χ2n) is 23.9. The molecule has 0 heterocycles. The van der Waals surface area contributed by atoms with Crippen LogP contribution >= 0.6 is 0 Å². The molecule has 3 N–H and O–H groups in total. The summed E-state index contributed by atoms with van der Waals surface area (Å²) in [6, 6.07) is -0.625. The van der Waals surface area contributed by atoms with Crippen LogP contribution in [0.2, 0.25) is 0 Å². The van der Waals surface area contributed by atoms with Gasteiger partial charge in [0.25, 0.3) is 0 Å². The van der Waals surface area contributed by atoms with E-state index in [0.717, 1.165) is 38.5 Å². The zero-order valence-corrected chi connectivity index (χ0v) is 51.1. The van der Waals surface area contributed by atoms with Gasteiger partial charge in [-0.15, -0.1) is 0 Å². The lowest BCUT2D eigenvalue weighted by Crippen LogP contribution is -2.45. The first kappa shape index (κ1) is 73.6. The van der Waals surface area contributed by atoms with Gasteiger partial charge >= 0.3 is 5.97 Å². The number of allylic oxidation sites excluding steroid dienone is 1. The third-order valence-electron chi connectivity index (χ3n) is 16.3. The number of aliphatic hydroxyl groups excluding tert-OH is 2. The van der Waals surface area contributed by atoms with Gasteiger partial charge < -0.3 is 20.3 Å². The first-order chi connectivity index (χ1) is 37.0. The lowest BCUT2D eigenvalue weighted by molar-refractivity contribution is -0.143. The van der Waals surface area contributed by atoms with Crippen molar-refractivity contribution >= 4 is 11.9 Å². The second-order valence-corrected chi connectivity index (χ2v) is 23.9. The van der Waals surface area contributed by atoms with Crippen LogP contribution in [-0.4, -0.2) is 47.4 Å². The number of rotatable bonds is 65. The number of carbonyl (C=O) groups is 2. The third kappa shape index (κ3) is 61.7. The molecule has 446 valence electrons. The Hall–Kier alpha value is -1.40. The van der Waals surface area contributed by atoms with Crippen molar-refractivity contribution in [3.8, 4) is 0 Å². The Labute approximate surface area is 469 Å². The Morgan fingerprint density at radius 3 is 0.907 bits per heavy atom. The number of aliphatic hydroxyl groups is 2. The normalized spacial score (nSPS) is 12.5. The Bertz CT molecular complexity index is 1130. The molecule has 0 fully saturated rings. The minimum Gasteiger partial charge on any atom is -0.466 e. The molecule has 0 aliphatic carbocycles. The average molecular weight is 1060 g/mol. The van der Waals surface area contributed by atoms with Crippen LogP contribution in [0.4, 0.5) is 0 Å². The number of nitrogens with one attached hydrogen (secondary N) is 1. The molecule has 6 nitrogen and oxygen atoms in total. The molecule has 2 atom stereocenters. The molecule has 0 spiro atoms. The summed E-state index contributed by atoms with van der Waals surface area (Å²) in [7, 11) is 0. The summed E-state index contributed by atoms with van der Waals surface area (Å²) in [5, 5.41) is 23.2. The van der Waals surface area contributed by atoms with Gasteiger partial charge in [0.05, 0.1) is 25.4 Å². The van der Waals surface area contributed by atoms with Crippen LogP contribution in [0.3, 0.4) is 0 Å². The summed E-state index contributed by atoms with van der Waals surface area (Å²) in [6.07, 6.45) is 80.0. The summed E-state index contributed by atoms with van der Waals surface area (Å²) in [6.45, 7) is 4.94. The predicted molar refractivity (Wildman–Crippen MR) is 329 cm³/mol. The highest BCUT2D eigenvalue weighted by Crippen LogP contribution is 2.19. The van der Waals surface area contributed by atoms with Crippen molar-refractivity contribution in [3.63, 3.8) is 0 Å². The van der Waals surface area contributed by atoms with Crippen molar-refractivity contribution in [1.29, 1.82) is 0 Å². The van der Waals surface area contributed by atoms with Crippen LogP contribution in [0, 0.1) is 0 Å². The van der Waals surface area contributed by atoms with Crippen molar-refractivity contribution in [1.82, 2.24) is 5.32 Å². The van der Waals surface area contributed by atoms with Gasteiger partial charge in [0.15, 0.2) is 0 Å². The Kier molecular flexibility index (Phi) is 63.9. The number of carbonyl (C=O) groups excluding carboxylic acids is 2. The molecule has 6 heteroatoms. The molecule has 0 aromatic rings. The monoisotopic (exact) mass is 1060 g/mol. The van der Waals surface area contributed by atoms with Gasteiger partial charge in [0.1, 0.15) is 0 Å². The fourth-order valence-electron chi connectivity index (χ4n) is 11.1. The molecule has 0 rings (SSSR count). The molecule has 2 unspecified atom stereocenters. The highest BCUT2D eigenvalue weighted by Gasteiger charge is 2.18. The molecule has 0 bridgehead atoms. The quantitative estimate of drug-likeness (QED) is 0.0320. The van der Waals surface area contributed by atoms with E-state index in [4.69, 9.17) is 4.74 Å². The standard InChI is InChI=1S/C69H135NO5/c1-3-5-7-9-11-13-15-17-18-31-34-38-41-45-49-53-57-61-67(72)66(65-71)70-68(73)62-58-54-50-46-42-39-35-32-29-27-25-23-21-19-20-22-24-26-28-30-33-36-40-44-48-52-56-60-64-75-69(74)63-59-55-51-47-43-37-16-14-12-10-8-6-4-2/h57,61,66-67,71-72H,3-56,58-60,62-65H2,1-2H3,(H,70,73)/b61-57+. The number of ether oxygens (including phenoxy) is 1. The number of esters is 1. The summed E-state index contributed by atoms with van der Waals surface area (Å²) >= 11 is 0. The smallest absolute Gasteiger partial charge is 0.305 e. The summed E-state index contributed by atoms with van der Waals surface area (Å²) < 4.78 is 5.49. The number of amides is 1. The van der Waals surface area contributed by atoms with Gasteiger partial charge in [0, 0.05) is 12.8 Å². The highest BCUT2D eigenvalue weighted by atomic mass is 16.5. The molecule has 0 saturated carbocycles. The van der Waals surface area contributed by atoms with Crippen molar-refractivity contribution < 1.29 is 24.5 Å². The largest absolute Gasteiger partial charge is 0.466 e. The van der Waals surface area contributed by atoms with Gasteiger partial charge in [0.2, 0.25) is 5.91 Å². The Morgan fingerprint density at radius 2 is 0.613 bits per heavy atom. The summed E-state index contributed by atoms with van der Waals surface area (Å²) in [5.74, 6) is -0.0405. The van der Waals surface area contributed by atoms with Crippen LogP contribution in [0.5, 0.6) is 0 Å². The van der Waals surface area contributed by atoms with Gasteiger partial charge in [-0.3, -0.25) is 9.59 Å². The highest BCUT2D eigenvalue weighted by molar-refractivity contribution is 5.76. The summed E-state index contributed by atoms with van der Waals surface area (Å²) in [4.78, 5) is 24.5. The molecule has 75 heavy (non-hydrogen) atoms. The minimum atomic E-state index is -0.842. The fraction of sp³-hybridized carbons (Fsp3) is 0.942. The number of unbranched alkanes of at least 4 members (excludes halogenated alkanes) is 54. The van der Waals surface area contributed by atoms with E-state index in [-0.39, 0.29) is 18.5 Å². The lowest BCUT2D eigenvalue weighted by Gasteiger charge is -2.20. The van der Waals surface area contributed by atoms with Crippen molar-refractivity contribution in [2.24, 2.45) is 0 Å². The molecule has 0 aromatic carbocycles. The zero-order chi connectivity index (χ0) is 54.3. The van der Waals surface area contributed by atoms with Crippen molar-refractivity contribution in [3.05, 3.63) is 12.2 Å².